The average Bonchev–Trinajstić information content (AvgIpc) is 2.84. The zero-order chi connectivity index (χ0) is 12.7. The van der Waals surface area contributed by atoms with E-state index in [0.29, 0.717) is 6.04 Å². The van der Waals surface area contributed by atoms with Crippen molar-refractivity contribution in [1.29, 1.82) is 0 Å². The molecule has 3 heteroatoms. The number of thiophene rings is 1. The molecule has 0 amide bonds. The Morgan fingerprint density at radius 1 is 1.33 bits per heavy atom. The van der Waals surface area contributed by atoms with Crippen molar-refractivity contribution in [2.45, 2.75) is 50.7 Å². The minimum absolute atomic E-state index is 0.563. The first-order valence-corrected chi connectivity index (χ1v) is 8.02. The lowest BCUT2D eigenvalue weighted by Gasteiger charge is -2.40. The Hall–Kier alpha value is -0.380. The van der Waals surface area contributed by atoms with E-state index < -0.39 is 0 Å². The number of nitrogens with zero attached hydrogens (tertiary/aromatic N) is 1. The van der Waals surface area contributed by atoms with Gasteiger partial charge < -0.3 is 10.2 Å². The Balaban J connectivity index is 1.80. The van der Waals surface area contributed by atoms with Gasteiger partial charge in [0.15, 0.2) is 0 Å². The molecule has 0 spiro atoms. The standard InChI is InChI=1S/C15H24N2S/c1-10-14(6-7-18-10)15(16-2)11-8-12-4-5-13(9-11)17(12)3/h6-7,11-13,15-16H,4-5,8-9H2,1-3H3. The second kappa shape index (κ2) is 4.95. The van der Waals surface area contributed by atoms with Crippen LogP contribution in [0.4, 0.5) is 0 Å². The smallest absolute Gasteiger partial charge is 0.0358 e. The van der Waals surface area contributed by atoms with Gasteiger partial charge in [-0.3, -0.25) is 0 Å². The first kappa shape index (κ1) is 12.6. The summed E-state index contributed by atoms with van der Waals surface area (Å²) in [6.45, 7) is 2.26. The van der Waals surface area contributed by atoms with E-state index in [0.717, 1.165) is 18.0 Å². The summed E-state index contributed by atoms with van der Waals surface area (Å²) in [5, 5.41) is 5.82. The summed E-state index contributed by atoms with van der Waals surface area (Å²) in [4.78, 5) is 4.12. The summed E-state index contributed by atoms with van der Waals surface area (Å²) in [5.74, 6) is 0.817. The van der Waals surface area contributed by atoms with Gasteiger partial charge in [-0.1, -0.05) is 0 Å². The predicted molar refractivity (Wildman–Crippen MR) is 78.2 cm³/mol. The van der Waals surface area contributed by atoms with Crippen LogP contribution in [0.3, 0.4) is 0 Å². The van der Waals surface area contributed by atoms with Crippen LogP contribution in [-0.2, 0) is 0 Å². The molecule has 2 nitrogen and oxygen atoms in total. The van der Waals surface area contributed by atoms with Crippen molar-refractivity contribution < 1.29 is 0 Å². The molecular formula is C15H24N2S. The fourth-order valence-corrected chi connectivity index (χ4v) is 4.84. The molecule has 18 heavy (non-hydrogen) atoms. The van der Waals surface area contributed by atoms with Crippen molar-refractivity contribution >= 4 is 11.3 Å². The van der Waals surface area contributed by atoms with E-state index in [-0.39, 0.29) is 0 Å². The lowest BCUT2D eigenvalue weighted by molar-refractivity contribution is 0.114. The minimum atomic E-state index is 0.563. The number of hydrogen-bond donors (Lipinski definition) is 1. The van der Waals surface area contributed by atoms with Gasteiger partial charge in [-0.15, -0.1) is 11.3 Å². The van der Waals surface area contributed by atoms with Gasteiger partial charge in [0.1, 0.15) is 0 Å². The van der Waals surface area contributed by atoms with Crippen molar-refractivity contribution in [2.75, 3.05) is 14.1 Å². The summed E-state index contributed by atoms with van der Waals surface area (Å²) in [7, 11) is 4.45. The zero-order valence-electron chi connectivity index (χ0n) is 11.6. The van der Waals surface area contributed by atoms with E-state index >= 15 is 0 Å². The van der Waals surface area contributed by atoms with Crippen molar-refractivity contribution in [1.82, 2.24) is 10.2 Å². The first-order valence-electron chi connectivity index (χ1n) is 7.14. The molecule has 1 aromatic rings. The molecule has 0 radical (unpaired) electrons. The molecule has 2 bridgehead atoms. The predicted octanol–water partition coefficient (Wildman–Crippen LogP) is 3.19. The maximum atomic E-state index is 3.59. The lowest BCUT2D eigenvalue weighted by atomic mass is 9.82. The fourth-order valence-electron chi connectivity index (χ4n) is 4.09. The summed E-state index contributed by atoms with van der Waals surface area (Å²) < 4.78 is 0. The highest BCUT2D eigenvalue weighted by atomic mass is 32.1. The van der Waals surface area contributed by atoms with Crippen molar-refractivity contribution in [2.24, 2.45) is 5.92 Å². The number of aryl methyl sites for hydroxylation is 1. The van der Waals surface area contributed by atoms with Crippen LogP contribution in [0.15, 0.2) is 11.4 Å². The largest absolute Gasteiger partial charge is 0.313 e. The van der Waals surface area contributed by atoms with Gasteiger partial charge in [0.2, 0.25) is 0 Å². The number of rotatable bonds is 3. The van der Waals surface area contributed by atoms with Crippen LogP contribution >= 0.6 is 11.3 Å². The van der Waals surface area contributed by atoms with Crippen LogP contribution in [0.25, 0.3) is 0 Å². The number of piperidine rings is 1. The van der Waals surface area contributed by atoms with Crippen LogP contribution < -0.4 is 5.32 Å². The molecule has 2 aliphatic heterocycles. The van der Waals surface area contributed by atoms with Crippen molar-refractivity contribution in [3.8, 4) is 0 Å². The molecule has 3 unspecified atom stereocenters. The van der Waals surface area contributed by atoms with Gasteiger partial charge in [0, 0.05) is 23.0 Å². The van der Waals surface area contributed by atoms with Gasteiger partial charge in [-0.2, -0.15) is 0 Å². The summed E-state index contributed by atoms with van der Waals surface area (Å²) in [6.07, 6.45) is 5.56. The van der Waals surface area contributed by atoms with E-state index in [4.69, 9.17) is 0 Å². The van der Waals surface area contributed by atoms with Gasteiger partial charge in [-0.05, 0) is 69.6 Å². The summed E-state index contributed by atoms with van der Waals surface area (Å²) >= 11 is 1.88. The first-order chi connectivity index (χ1) is 8.70. The van der Waals surface area contributed by atoms with Crippen LogP contribution in [0.1, 0.15) is 42.2 Å². The Bertz CT molecular complexity index is 400. The van der Waals surface area contributed by atoms with E-state index in [9.17, 15) is 0 Å². The second-order valence-corrected chi connectivity index (χ2v) is 7.10. The second-order valence-electron chi connectivity index (χ2n) is 5.98. The molecule has 1 aromatic heterocycles. The molecule has 0 saturated carbocycles. The van der Waals surface area contributed by atoms with Gasteiger partial charge in [0.05, 0.1) is 0 Å². The highest BCUT2D eigenvalue weighted by Gasteiger charge is 2.41. The van der Waals surface area contributed by atoms with Gasteiger partial charge >= 0.3 is 0 Å². The SMILES string of the molecule is CNC(c1ccsc1C)C1CC2CCC(C1)N2C. The molecule has 3 heterocycles. The summed E-state index contributed by atoms with van der Waals surface area (Å²) in [5.41, 5.74) is 1.54. The molecule has 2 saturated heterocycles. The van der Waals surface area contributed by atoms with Crippen LogP contribution in [-0.4, -0.2) is 31.1 Å². The quantitative estimate of drug-likeness (QED) is 0.902. The third kappa shape index (κ3) is 2.02. The molecule has 2 fully saturated rings. The lowest BCUT2D eigenvalue weighted by Crippen LogP contribution is -2.43. The molecule has 3 rings (SSSR count). The highest BCUT2D eigenvalue weighted by Crippen LogP contribution is 2.43. The highest BCUT2D eigenvalue weighted by molar-refractivity contribution is 7.10. The van der Waals surface area contributed by atoms with E-state index in [1.807, 2.05) is 11.3 Å². The monoisotopic (exact) mass is 264 g/mol. The van der Waals surface area contributed by atoms with Crippen LogP contribution in [0, 0.1) is 12.8 Å². The van der Waals surface area contributed by atoms with E-state index in [1.165, 1.54) is 36.1 Å². The number of hydrogen-bond acceptors (Lipinski definition) is 3. The van der Waals surface area contributed by atoms with Gasteiger partial charge in [0.25, 0.3) is 0 Å². The molecule has 3 atom stereocenters. The number of fused-ring (bicyclic) bond motifs is 2. The van der Waals surface area contributed by atoms with E-state index in [1.54, 1.807) is 0 Å². The topological polar surface area (TPSA) is 15.3 Å². The van der Waals surface area contributed by atoms with Gasteiger partial charge in [-0.25, -0.2) is 0 Å². The molecular weight excluding hydrogens is 240 g/mol. The third-order valence-electron chi connectivity index (χ3n) is 5.15. The maximum absolute atomic E-state index is 3.59. The Kier molecular flexibility index (Phi) is 3.48. The molecule has 100 valence electrons. The molecule has 0 aromatic carbocycles. The molecule has 2 aliphatic rings. The maximum Gasteiger partial charge on any atom is 0.0358 e. The number of nitrogens with one attached hydrogen (secondary N) is 1. The van der Waals surface area contributed by atoms with E-state index in [2.05, 4.69) is 42.7 Å². The Labute approximate surface area is 114 Å². The third-order valence-corrected chi connectivity index (χ3v) is 6.01. The van der Waals surface area contributed by atoms with Crippen LogP contribution in [0.5, 0.6) is 0 Å². The fraction of sp³-hybridized carbons (Fsp3) is 0.733. The molecule has 1 N–H and O–H groups in total. The Morgan fingerprint density at radius 3 is 2.50 bits per heavy atom. The Morgan fingerprint density at radius 2 is 2.00 bits per heavy atom. The average molecular weight is 264 g/mol. The van der Waals surface area contributed by atoms with Crippen molar-refractivity contribution in [3.63, 3.8) is 0 Å². The molecule has 0 aliphatic carbocycles. The summed E-state index contributed by atoms with van der Waals surface area (Å²) in [6, 6.07) is 4.56. The minimum Gasteiger partial charge on any atom is -0.313 e. The van der Waals surface area contributed by atoms with Crippen LogP contribution in [0.2, 0.25) is 0 Å². The normalized spacial score (nSPS) is 33.8. The zero-order valence-corrected chi connectivity index (χ0v) is 12.5. The van der Waals surface area contributed by atoms with Crippen molar-refractivity contribution in [3.05, 3.63) is 21.9 Å².